The molecule has 4 heterocycles. The molecule has 0 unspecified atom stereocenters. The van der Waals surface area contributed by atoms with E-state index >= 15 is 0 Å². The van der Waals surface area contributed by atoms with Gasteiger partial charge in [0.1, 0.15) is 16.8 Å². The Kier molecular flexibility index (Phi) is 4.92. The van der Waals surface area contributed by atoms with Crippen molar-refractivity contribution in [1.29, 1.82) is 0 Å². The number of fused-ring (bicyclic) bond motifs is 2. The molecule has 5 rings (SSSR count). The summed E-state index contributed by atoms with van der Waals surface area (Å²) in [6.07, 6.45) is 5.03. The Morgan fingerprint density at radius 2 is 2.03 bits per heavy atom. The van der Waals surface area contributed by atoms with Crippen LogP contribution in [0.25, 0.3) is 10.9 Å². The Bertz CT molecular complexity index is 1220. The molecule has 1 saturated heterocycles. The number of pyridine rings is 2. The topological polar surface area (TPSA) is 98.1 Å². The van der Waals surface area contributed by atoms with E-state index in [2.05, 4.69) is 31.0 Å². The number of carbonyl (C=O) groups is 3. The predicted molar refractivity (Wildman–Crippen MR) is 115 cm³/mol. The van der Waals surface area contributed by atoms with Crippen molar-refractivity contribution in [2.75, 3.05) is 0 Å². The lowest BCUT2D eigenvalue weighted by Gasteiger charge is -2.26. The zero-order chi connectivity index (χ0) is 21.7. The first kappa shape index (κ1) is 20.0. The van der Waals surface area contributed by atoms with Gasteiger partial charge in [0.15, 0.2) is 11.6 Å². The monoisotopic (exact) mass is 481 g/mol. The fourth-order valence-electron chi connectivity index (χ4n) is 4.56. The van der Waals surface area contributed by atoms with Gasteiger partial charge in [-0.25, -0.2) is 4.98 Å². The van der Waals surface area contributed by atoms with Crippen molar-refractivity contribution in [3.8, 4) is 0 Å². The first-order chi connectivity index (χ1) is 14.9. The summed E-state index contributed by atoms with van der Waals surface area (Å²) < 4.78 is 2.20. The van der Waals surface area contributed by atoms with Crippen LogP contribution in [0.4, 0.5) is 0 Å². The molecule has 9 heteroatoms. The van der Waals surface area contributed by atoms with E-state index in [1.807, 2.05) is 18.2 Å². The van der Waals surface area contributed by atoms with Gasteiger partial charge in [-0.05, 0) is 52.9 Å². The molecule has 1 aliphatic carbocycles. The van der Waals surface area contributed by atoms with Crippen LogP contribution in [-0.2, 0) is 22.6 Å². The number of halogens is 1. The Labute approximate surface area is 186 Å². The highest BCUT2D eigenvalue weighted by Gasteiger charge is 2.55. The van der Waals surface area contributed by atoms with Crippen LogP contribution in [0.1, 0.15) is 35.9 Å². The number of amides is 1. The molecule has 1 aliphatic heterocycles. The highest BCUT2D eigenvalue weighted by atomic mass is 79.9. The van der Waals surface area contributed by atoms with E-state index < -0.39 is 6.04 Å². The standard InChI is InChI=1S/C22H20BrN5O3/c1-12(29)22-15-5-6-24-10-18(15)27(26-22)11-21(31)28-16-7-13(16)8-17(28)19(30)9-14-3-2-4-20(23)25-14/h2-6,10,13,16-17H,7-9,11H2,1H3/t13-,16-,17+/m1/s1. The van der Waals surface area contributed by atoms with Crippen LogP contribution < -0.4 is 0 Å². The zero-order valence-corrected chi connectivity index (χ0v) is 18.4. The van der Waals surface area contributed by atoms with E-state index in [0.29, 0.717) is 39.2 Å². The summed E-state index contributed by atoms with van der Waals surface area (Å²) in [4.78, 5) is 48.5. The van der Waals surface area contributed by atoms with Gasteiger partial charge < -0.3 is 4.90 Å². The molecule has 8 nitrogen and oxygen atoms in total. The molecule has 0 N–H and O–H groups in total. The maximum absolute atomic E-state index is 13.3. The largest absolute Gasteiger partial charge is 0.328 e. The maximum Gasteiger partial charge on any atom is 0.245 e. The quantitative estimate of drug-likeness (QED) is 0.396. The molecule has 3 aromatic rings. The molecule has 1 saturated carbocycles. The van der Waals surface area contributed by atoms with Crippen LogP contribution in [0.5, 0.6) is 0 Å². The lowest BCUT2D eigenvalue weighted by Crippen LogP contribution is -2.45. The molecular weight excluding hydrogens is 462 g/mol. The van der Waals surface area contributed by atoms with E-state index in [1.165, 1.54) is 11.6 Å². The molecular formula is C22H20BrN5O3. The van der Waals surface area contributed by atoms with Crippen molar-refractivity contribution in [3.05, 3.63) is 52.7 Å². The summed E-state index contributed by atoms with van der Waals surface area (Å²) in [6.45, 7) is 1.42. The number of hydrogen-bond donors (Lipinski definition) is 0. The fraction of sp³-hybridized carbons (Fsp3) is 0.364. The van der Waals surface area contributed by atoms with E-state index in [9.17, 15) is 14.4 Å². The van der Waals surface area contributed by atoms with Crippen molar-refractivity contribution in [1.82, 2.24) is 24.6 Å². The zero-order valence-electron chi connectivity index (χ0n) is 16.9. The van der Waals surface area contributed by atoms with Gasteiger partial charge >= 0.3 is 0 Å². The second-order valence-electron chi connectivity index (χ2n) is 8.17. The first-order valence-corrected chi connectivity index (χ1v) is 11.0. The number of piperidine rings is 1. The third kappa shape index (κ3) is 3.67. The van der Waals surface area contributed by atoms with Crippen LogP contribution in [0.3, 0.4) is 0 Å². The SMILES string of the molecule is CC(=O)c1nn(CC(=O)N2[C@@H]3C[C@@H]3C[C@H]2C(=O)Cc2cccc(Br)n2)c2cnccc12. The Balaban J connectivity index is 1.38. The number of carbonyl (C=O) groups excluding carboxylic acids is 3. The van der Waals surface area contributed by atoms with Crippen molar-refractivity contribution in [2.45, 2.75) is 44.8 Å². The van der Waals surface area contributed by atoms with E-state index in [-0.39, 0.29) is 36.5 Å². The third-order valence-corrected chi connectivity index (χ3v) is 6.51. The third-order valence-electron chi connectivity index (χ3n) is 6.06. The van der Waals surface area contributed by atoms with Crippen LogP contribution in [0, 0.1) is 5.92 Å². The van der Waals surface area contributed by atoms with Gasteiger partial charge in [0.05, 0.1) is 24.2 Å². The van der Waals surface area contributed by atoms with Crippen LogP contribution in [0.2, 0.25) is 0 Å². The lowest BCUT2D eigenvalue weighted by atomic mass is 10.0. The van der Waals surface area contributed by atoms with Crippen LogP contribution in [-0.4, -0.2) is 54.2 Å². The van der Waals surface area contributed by atoms with Gasteiger partial charge in [-0.2, -0.15) is 5.10 Å². The minimum Gasteiger partial charge on any atom is -0.328 e. The highest BCUT2D eigenvalue weighted by molar-refractivity contribution is 9.10. The number of Topliss-reactive ketones (excluding diaryl/α,β-unsaturated/α-hetero) is 2. The molecule has 2 fully saturated rings. The molecule has 0 aromatic carbocycles. The van der Waals surface area contributed by atoms with Crippen molar-refractivity contribution in [3.63, 3.8) is 0 Å². The summed E-state index contributed by atoms with van der Waals surface area (Å²) >= 11 is 3.33. The molecule has 158 valence electrons. The number of rotatable bonds is 6. The van der Waals surface area contributed by atoms with Gasteiger partial charge in [0.25, 0.3) is 0 Å². The first-order valence-electron chi connectivity index (χ1n) is 10.2. The summed E-state index contributed by atoms with van der Waals surface area (Å²) in [5, 5.41) is 5.04. The normalized spacial score (nSPS) is 21.9. The van der Waals surface area contributed by atoms with Crippen molar-refractivity contribution < 1.29 is 14.4 Å². The molecule has 0 bridgehead atoms. The van der Waals surface area contributed by atoms with Crippen molar-refractivity contribution >= 4 is 44.3 Å². The second kappa shape index (κ2) is 7.64. The number of hydrogen-bond acceptors (Lipinski definition) is 6. The number of nitrogens with zero attached hydrogens (tertiary/aromatic N) is 5. The van der Waals surface area contributed by atoms with Gasteiger partial charge in [-0.1, -0.05) is 6.07 Å². The van der Waals surface area contributed by atoms with Crippen molar-refractivity contribution in [2.24, 2.45) is 5.92 Å². The van der Waals surface area contributed by atoms with E-state index in [0.717, 1.165) is 6.42 Å². The smallest absolute Gasteiger partial charge is 0.245 e. The summed E-state index contributed by atoms with van der Waals surface area (Å²) in [6, 6.07) is 6.87. The highest BCUT2D eigenvalue weighted by Crippen LogP contribution is 2.48. The second-order valence-corrected chi connectivity index (χ2v) is 8.98. The summed E-state index contributed by atoms with van der Waals surface area (Å²) in [5.74, 6) is 0.0639. The van der Waals surface area contributed by atoms with Gasteiger partial charge in [0, 0.05) is 30.2 Å². The number of aromatic nitrogens is 4. The number of ketones is 2. The van der Waals surface area contributed by atoms with E-state index in [4.69, 9.17) is 0 Å². The molecule has 1 amide bonds. The average molecular weight is 482 g/mol. The van der Waals surface area contributed by atoms with Gasteiger partial charge in [-0.3, -0.25) is 24.0 Å². The van der Waals surface area contributed by atoms with Crippen LogP contribution in [0.15, 0.2) is 41.3 Å². The minimum absolute atomic E-state index is 0.00238. The van der Waals surface area contributed by atoms with Gasteiger partial charge in [0.2, 0.25) is 5.91 Å². The molecule has 2 aliphatic rings. The molecule has 3 atom stereocenters. The minimum atomic E-state index is -0.440. The Hall–Kier alpha value is -2.94. The molecule has 0 spiro atoms. The molecule has 0 radical (unpaired) electrons. The maximum atomic E-state index is 13.3. The fourth-order valence-corrected chi connectivity index (χ4v) is 4.94. The molecule has 31 heavy (non-hydrogen) atoms. The predicted octanol–water partition coefficient (Wildman–Crippen LogP) is 2.59. The molecule has 3 aromatic heterocycles. The number of likely N-dealkylation sites (tertiary alicyclic amines) is 1. The summed E-state index contributed by atoms with van der Waals surface area (Å²) in [5.41, 5.74) is 1.64. The Morgan fingerprint density at radius 1 is 1.19 bits per heavy atom. The average Bonchev–Trinajstić information content (AvgIpc) is 3.24. The van der Waals surface area contributed by atoms with Crippen LogP contribution >= 0.6 is 15.9 Å². The summed E-state index contributed by atoms with van der Waals surface area (Å²) in [7, 11) is 0. The lowest BCUT2D eigenvalue weighted by molar-refractivity contribution is -0.139. The van der Waals surface area contributed by atoms with E-state index in [1.54, 1.807) is 23.4 Å². The Morgan fingerprint density at radius 3 is 2.81 bits per heavy atom. The van der Waals surface area contributed by atoms with Gasteiger partial charge in [-0.15, -0.1) is 0 Å².